The number of hydrogen-bond donors (Lipinski definition) is 0. The zero-order valence-electron chi connectivity index (χ0n) is 12.2. The molecule has 19 heavy (non-hydrogen) atoms. The maximum atomic E-state index is 10.5. The Morgan fingerprint density at radius 1 is 1.42 bits per heavy atom. The highest BCUT2D eigenvalue weighted by Crippen LogP contribution is 2.28. The fourth-order valence-corrected chi connectivity index (χ4v) is 2.88. The van der Waals surface area contributed by atoms with Crippen molar-refractivity contribution in [1.82, 2.24) is 4.90 Å². The Labute approximate surface area is 117 Å². The average Bonchev–Trinajstić information content (AvgIpc) is 2.93. The van der Waals surface area contributed by atoms with Gasteiger partial charge in [-0.15, -0.1) is 5.10 Å². The number of carbonyl (C=O) groups is 1. The van der Waals surface area contributed by atoms with E-state index in [9.17, 15) is 4.79 Å². The lowest BCUT2D eigenvalue weighted by atomic mass is 10.0. The van der Waals surface area contributed by atoms with Crippen molar-refractivity contribution < 1.29 is 4.79 Å². The molecule has 1 fully saturated rings. The van der Waals surface area contributed by atoms with E-state index in [2.05, 4.69) is 28.7 Å². The average molecular weight is 265 g/mol. The zero-order valence-corrected chi connectivity index (χ0v) is 12.2. The Kier molecular flexibility index (Phi) is 8.10. The van der Waals surface area contributed by atoms with Gasteiger partial charge in [0.1, 0.15) is 12.1 Å². The molecule has 108 valence electrons. The van der Waals surface area contributed by atoms with Crippen molar-refractivity contribution in [2.24, 2.45) is 16.1 Å². The van der Waals surface area contributed by atoms with E-state index in [1.54, 1.807) is 0 Å². The second-order valence-corrected chi connectivity index (χ2v) is 5.24. The zero-order chi connectivity index (χ0) is 13.9. The van der Waals surface area contributed by atoms with Crippen LogP contribution in [0.4, 0.5) is 0 Å². The first-order chi connectivity index (χ1) is 9.31. The van der Waals surface area contributed by atoms with Crippen LogP contribution in [-0.4, -0.2) is 36.8 Å². The lowest BCUT2D eigenvalue weighted by Crippen LogP contribution is -2.32. The van der Waals surface area contributed by atoms with Crippen LogP contribution in [0.3, 0.4) is 0 Å². The second-order valence-electron chi connectivity index (χ2n) is 5.24. The molecule has 4 nitrogen and oxygen atoms in total. The van der Waals surface area contributed by atoms with Crippen LogP contribution < -0.4 is 0 Å². The van der Waals surface area contributed by atoms with Crippen molar-refractivity contribution in [3.8, 4) is 0 Å². The molecule has 0 aliphatic heterocycles. The van der Waals surface area contributed by atoms with Crippen LogP contribution in [0.5, 0.6) is 0 Å². The Hall–Kier alpha value is -1.19. The summed E-state index contributed by atoms with van der Waals surface area (Å²) in [6.07, 6.45) is 10.3. The first-order valence-corrected chi connectivity index (χ1v) is 7.53. The first kappa shape index (κ1) is 15.9. The van der Waals surface area contributed by atoms with Crippen molar-refractivity contribution in [3.05, 3.63) is 0 Å². The highest BCUT2D eigenvalue weighted by atomic mass is 16.1. The van der Waals surface area contributed by atoms with Gasteiger partial charge in [0.25, 0.3) is 0 Å². The Morgan fingerprint density at radius 3 is 2.74 bits per heavy atom. The van der Waals surface area contributed by atoms with Gasteiger partial charge in [-0.25, -0.2) is 0 Å². The van der Waals surface area contributed by atoms with Crippen molar-refractivity contribution in [3.63, 3.8) is 0 Å². The van der Waals surface area contributed by atoms with Gasteiger partial charge in [0, 0.05) is 32.6 Å². The number of aldehydes is 1. The maximum absolute atomic E-state index is 10.5. The Balaban J connectivity index is 2.37. The van der Waals surface area contributed by atoms with E-state index in [4.69, 9.17) is 0 Å². The van der Waals surface area contributed by atoms with Gasteiger partial charge in [-0.1, -0.05) is 25.7 Å². The van der Waals surface area contributed by atoms with Gasteiger partial charge in [0.05, 0.1) is 0 Å². The van der Waals surface area contributed by atoms with Crippen molar-refractivity contribution >= 4 is 18.8 Å². The Morgan fingerprint density at radius 2 is 2.16 bits per heavy atom. The number of nitrogens with zero attached hydrogens (tertiary/aromatic N) is 3. The van der Waals surface area contributed by atoms with Gasteiger partial charge in [-0.3, -0.25) is 0 Å². The molecule has 0 bridgehead atoms. The Bertz CT molecular complexity index is 296. The lowest BCUT2D eigenvalue weighted by molar-refractivity contribution is -0.107. The van der Waals surface area contributed by atoms with Crippen LogP contribution in [0.15, 0.2) is 10.2 Å². The van der Waals surface area contributed by atoms with Crippen molar-refractivity contribution in [1.29, 1.82) is 0 Å². The highest BCUT2D eigenvalue weighted by Gasteiger charge is 2.15. The fraction of sp³-hybridized carbons (Fsp3) is 0.800. The van der Waals surface area contributed by atoms with Gasteiger partial charge < -0.3 is 9.69 Å². The monoisotopic (exact) mass is 265 g/mol. The minimum atomic E-state index is 0.507. The van der Waals surface area contributed by atoms with Crippen molar-refractivity contribution in [2.75, 3.05) is 13.1 Å². The highest BCUT2D eigenvalue weighted by molar-refractivity contribution is 5.83. The van der Waals surface area contributed by atoms with E-state index in [0.29, 0.717) is 12.8 Å². The first-order valence-electron chi connectivity index (χ1n) is 7.53. The standard InChI is InChI=1S/C15H27N3O/c1-3-18(15(17-16-2)11-7-13-19)12-6-10-14-8-4-5-9-14/h13-14H,2-12H2,1H3/b17-15-. The van der Waals surface area contributed by atoms with E-state index in [-0.39, 0.29) is 0 Å². The van der Waals surface area contributed by atoms with Crippen LogP contribution in [0.2, 0.25) is 0 Å². The topological polar surface area (TPSA) is 45.0 Å². The predicted molar refractivity (Wildman–Crippen MR) is 80.7 cm³/mol. The van der Waals surface area contributed by atoms with Gasteiger partial charge in [0.2, 0.25) is 0 Å². The summed E-state index contributed by atoms with van der Waals surface area (Å²) >= 11 is 0. The summed E-state index contributed by atoms with van der Waals surface area (Å²) in [5.74, 6) is 1.84. The quantitative estimate of drug-likeness (QED) is 0.278. The van der Waals surface area contributed by atoms with E-state index in [1.807, 2.05) is 0 Å². The molecule has 0 radical (unpaired) electrons. The third-order valence-electron chi connectivity index (χ3n) is 3.93. The van der Waals surface area contributed by atoms with E-state index in [1.165, 1.54) is 38.5 Å². The third kappa shape index (κ3) is 5.99. The predicted octanol–water partition coefficient (Wildman–Crippen LogP) is 3.27. The van der Waals surface area contributed by atoms with Gasteiger partial charge >= 0.3 is 0 Å². The number of amidine groups is 1. The smallest absolute Gasteiger partial charge is 0.127 e. The summed E-state index contributed by atoms with van der Waals surface area (Å²) in [5, 5.41) is 7.70. The molecule has 0 N–H and O–H groups in total. The maximum Gasteiger partial charge on any atom is 0.127 e. The summed E-state index contributed by atoms with van der Waals surface area (Å²) in [6.45, 7) is 7.46. The molecule has 0 aromatic heterocycles. The molecule has 0 heterocycles. The number of hydrogen-bond acceptors (Lipinski definition) is 3. The van der Waals surface area contributed by atoms with Crippen LogP contribution >= 0.6 is 0 Å². The van der Waals surface area contributed by atoms with Gasteiger partial charge in [0.15, 0.2) is 0 Å². The van der Waals surface area contributed by atoms with Crippen molar-refractivity contribution in [2.45, 2.75) is 58.3 Å². The van der Waals surface area contributed by atoms with E-state index in [0.717, 1.165) is 31.1 Å². The minimum Gasteiger partial charge on any atom is -0.359 e. The summed E-state index contributed by atoms with van der Waals surface area (Å²) in [4.78, 5) is 12.7. The molecule has 0 aromatic carbocycles. The molecular formula is C15H27N3O. The third-order valence-corrected chi connectivity index (χ3v) is 3.93. The second kappa shape index (κ2) is 9.70. The summed E-state index contributed by atoms with van der Waals surface area (Å²) in [5.41, 5.74) is 0. The van der Waals surface area contributed by atoms with E-state index >= 15 is 0 Å². The van der Waals surface area contributed by atoms with Gasteiger partial charge in [-0.05, 0) is 25.7 Å². The molecule has 0 aromatic rings. The molecule has 1 saturated carbocycles. The minimum absolute atomic E-state index is 0.507. The molecule has 0 saturated heterocycles. The molecule has 0 atom stereocenters. The molecule has 1 rings (SSSR count). The van der Waals surface area contributed by atoms with Crippen LogP contribution in [0, 0.1) is 5.92 Å². The largest absolute Gasteiger partial charge is 0.359 e. The summed E-state index contributed by atoms with van der Waals surface area (Å²) in [6, 6.07) is 0. The van der Waals surface area contributed by atoms with Crippen LogP contribution in [0.1, 0.15) is 58.3 Å². The SMILES string of the molecule is C=N/N=C(/CCC=O)N(CC)CCCC1CCCC1. The summed E-state index contributed by atoms with van der Waals surface area (Å²) in [7, 11) is 0. The number of rotatable bonds is 9. The van der Waals surface area contributed by atoms with Crippen LogP contribution in [0.25, 0.3) is 0 Å². The molecule has 4 heteroatoms. The van der Waals surface area contributed by atoms with E-state index < -0.39 is 0 Å². The number of carbonyl (C=O) groups excluding carboxylic acids is 1. The lowest BCUT2D eigenvalue weighted by Gasteiger charge is -2.24. The molecule has 1 aliphatic rings. The molecule has 0 spiro atoms. The molecule has 0 unspecified atom stereocenters. The summed E-state index contributed by atoms with van der Waals surface area (Å²) < 4.78 is 0. The van der Waals surface area contributed by atoms with Gasteiger partial charge in [-0.2, -0.15) is 5.10 Å². The molecule has 0 amide bonds. The molecular weight excluding hydrogens is 238 g/mol. The van der Waals surface area contributed by atoms with Crippen LogP contribution in [-0.2, 0) is 4.79 Å². The normalized spacial score (nSPS) is 16.6. The fourth-order valence-electron chi connectivity index (χ4n) is 2.88. The molecule has 1 aliphatic carbocycles.